The Labute approximate surface area is 84.4 Å². The van der Waals surface area contributed by atoms with Gasteiger partial charge in [-0.2, -0.15) is 0 Å². The minimum Gasteiger partial charge on any atom is -0.378 e. The fourth-order valence-corrected chi connectivity index (χ4v) is 2.18. The molecule has 3 heteroatoms. The van der Waals surface area contributed by atoms with Gasteiger partial charge in [0, 0.05) is 5.92 Å². The summed E-state index contributed by atoms with van der Waals surface area (Å²) < 4.78 is 10.9. The van der Waals surface area contributed by atoms with Crippen molar-refractivity contribution in [2.24, 2.45) is 5.92 Å². The number of hydrogen-bond acceptors (Lipinski definition) is 3. The van der Waals surface area contributed by atoms with Crippen molar-refractivity contribution in [1.29, 1.82) is 0 Å². The summed E-state index contributed by atoms with van der Waals surface area (Å²) in [5, 5.41) is 9.82. The molecule has 1 heterocycles. The summed E-state index contributed by atoms with van der Waals surface area (Å²) in [6.45, 7) is 1.39. The first-order valence-electron chi connectivity index (χ1n) is 5.17. The second-order valence-electron chi connectivity index (χ2n) is 4.12. The van der Waals surface area contributed by atoms with Crippen LogP contribution in [0.5, 0.6) is 0 Å². The Kier molecular flexibility index (Phi) is 2.78. The standard InChI is InChI=1S/C11H16O3/c1-2-11(12)5-3-9(4-6-11)10-13-7-8-14-10/h1,9-10,12H,3-8H2. The Balaban J connectivity index is 1.87. The van der Waals surface area contributed by atoms with Gasteiger partial charge in [0.05, 0.1) is 13.2 Å². The average Bonchev–Trinajstić information content (AvgIpc) is 2.72. The third-order valence-corrected chi connectivity index (χ3v) is 3.16. The van der Waals surface area contributed by atoms with Crippen LogP contribution in [-0.2, 0) is 9.47 Å². The maximum absolute atomic E-state index is 9.82. The maximum Gasteiger partial charge on any atom is 0.160 e. The predicted molar refractivity (Wildman–Crippen MR) is 51.4 cm³/mol. The molecule has 0 aromatic heterocycles. The Bertz CT molecular complexity index is 229. The Morgan fingerprint density at radius 3 is 2.29 bits per heavy atom. The van der Waals surface area contributed by atoms with Crippen molar-refractivity contribution in [2.75, 3.05) is 13.2 Å². The monoisotopic (exact) mass is 196 g/mol. The Morgan fingerprint density at radius 1 is 1.21 bits per heavy atom. The smallest absolute Gasteiger partial charge is 0.160 e. The molecule has 0 atom stereocenters. The number of aliphatic hydroxyl groups is 1. The molecule has 2 aliphatic rings. The molecule has 0 bridgehead atoms. The van der Waals surface area contributed by atoms with E-state index in [0.717, 1.165) is 12.8 Å². The summed E-state index contributed by atoms with van der Waals surface area (Å²) in [7, 11) is 0. The normalized spacial score (nSPS) is 39.6. The van der Waals surface area contributed by atoms with Gasteiger partial charge in [0.25, 0.3) is 0 Å². The topological polar surface area (TPSA) is 38.7 Å². The van der Waals surface area contributed by atoms with E-state index in [9.17, 15) is 5.11 Å². The summed E-state index contributed by atoms with van der Waals surface area (Å²) in [6.07, 6.45) is 8.33. The lowest BCUT2D eigenvalue weighted by molar-refractivity contribution is -0.105. The van der Waals surface area contributed by atoms with Crippen molar-refractivity contribution < 1.29 is 14.6 Å². The molecular weight excluding hydrogens is 180 g/mol. The highest BCUT2D eigenvalue weighted by Crippen LogP contribution is 2.35. The molecule has 1 aliphatic carbocycles. The largest absolute Gasteiger partial charge is 0.378 e. The quantitative estimate of drug-likeness (QED) is 0.634. The highest BCUT2D eigenvalue weighted by atomic mass is 16.7. The lowest BCUT2D eigenvalue weighted by Gasteiger charge is -2.33. The summed E-state index contributed by atoms with van der Waals surface area (Å²) >= 11 is 0. The van der Waals surface area contributed by atoms with Gasteiger partial charge in [-0.05, 0) is 25.7 Å². The summed E-state index contributed by atoms with van der Waals surface area (Å²) in [4.78, 5) is 0. The number of rotatable bonds is 1. The maximum atomic E-state index is 9.82. The van der Waals surface area contributed by atoms with Crippen LogP contribution in [0.15, 0.2) is 0 Å². The zero-order chi connectivity index (χ0) is 10.0. The van der Waals surface area contributed by atoms with E-state index in [4.69, 9.17) is 15.9 Å². The molecule has 0 amide bonds. The average molecular weight is 196 g/mol. The zero-order valence-corrected chi connectivity index (χ0v) is 8.24. The van der Waals surface area contributed by atoms with Crippen LogP contribution in [0.2, 0.25) is 0 Å². The van der Waals surface area contributed by atoms with Crippen LogP contribution in [0.25, 0.3) is 0 Å². The molecule has 1 saturated heterocycles. The molecule has 0 unspecified atom stereocenters. The zero-order valence-electron chi connectivity index (χ0n) is 8.24. The summed E-state index contributed by atoms with van der Waals surface area (Å²) in [5.74, 6) is 2.87. The van der Waals surface area contributed by atoms with Gasteiger partial charge in [-0.15, -0.1) is 6.42 Å². The molecule has 2 rings (SSSR count). The van der Waals surface area contributed by atoms with E-state index in [0.29, 0.717) is 32.0 Å². The summed E-state index contributed by atoms with van der Waals surface area (Å²) in [6, 6.07) is 0. The number of ether oxygens (including phenoxy) is 2. The lowest BCUT2D eigenvalue weighted by Crippen LogP contribution is -2.36. The molecule has 0 spiro atoms. The predicted octanol–water partition coefficient (Wildman–Crippen LogP) is 0.914. The Hall–Kier alpha value is -0.560. The minimum atomic E-state index is -0.880. The SMILES string of the molecule is C#CC1(O)CCC(C2OCCO2)CC1. The van der Waals surface area contributed by atoms with Crippen molar-refractivity contribution in [2.45, 2.75) is 37.6 Å². The molecule has 0 aromatic rings. The van der Waals surface area contributed by atoms with Gasteiger partial charge in [0.2, 0.25) is 0 Å². The number of terminal acetylenes is 1. The van der Waals surface area contributed by atoms with E-state index < -0.39 is 5.60 Å². The highest BCUT2D eigenvalue weighted by Gasteiger charge is 2.36. The molecule has 1 saturated carbocycles. The van der Waals surface area contributed by atoms with Gasteiger partial charge in [0.1, 0.15) is 5.60 Å². The first-order chi connectivity index (χ1) is 6.73. The first-order valence-corrected chi connectivity index (χ1v) is 5.17. The van der Waals surface area contributed by atoms with Crippen molar-refractivity contribution in [3.63, 3.8) is 0 Å². The van der Waals surface area contributed by atoms with E-state index in [1.165, 1.54) is 0 Å². The van der Waals surface area contributed by atoms with E-state index in [-0.39, 0.29) is 6.29 Å². The molecule has 14 heavy (non-hydrogen) atoms. The second kappa shape index (κ2) is 3.90. The van der Waals surface area contributed by atoms with E-state index >= 15 is 0 Å². The van der Waals surface area contributed by atoms with Gasteiger partial charge in [-0.1, -0.05) is 5.92 Å². The molecule has 1 aliphatic heterocycles. The molecule has 78 valence electrons. The van der Waals surface area contributed by atoms with E-state index in [2.05, 4.69) is 5.92 Å². The van der Waals surface area contributed by atoms with E-state index in [1.807, 2.05) is 0 Å². The van der Waals surface area contributed by atoms with Crippen LogP contribution in [0.1, 0.15) is 25.7 Å². The van der Waals surface area contributed by atoms with Crippen LogP contribution in [0, 0.1) is 18.3 Å². The third-order valence-electron chi connectivity index (χ3n) is 3.16. The molecule has 3 nitrogen and oxygen atoms in total. The van der Waals surface area contributed by atoms with Crippen LogP contribution in [0.4, 0.5) is 0 Å². The van der Waals surface area contributed by atoms with Crippen molar-refractivity contribution in [3.8, 4) is 12.3 Å². The van der Waals surface area contributed by atoms with Crippen LogP contribution >= 0.6 is 0 Å². The van der Waals surface area contributed by atoms with Crippen LogP contribution in [-0.4, -0.2) is 30.2 Å². The van der Waals surface area contributed by atoms with Gasteiger partial charge < -0.3 is 14.6 Å². The van der Waals surface area contributed by atoms with E-state index in [1.54, 1.807) is 0 Å². The van der Waals surface area contributed by atoms with Crippen LogP contribution < -0.4 is 0 Å². The highest BCUT2D eigenvalue weighted by molar-refractivity contribution is 5.09. The molecule has 2 fully saturated rings. The minimum absolute atomic E-state index is 0.0580. The lowest BCUT2D eigenvalue weighted by atomic mass is 9.79. The third kappa shape index (κ3) is 1.93. The number of hydrogen-bond donors (Lipinski definition) is 1. The summed E-state index contributed by atoms with van der Waals surface area (Å²) in [5.41, 5.74) is -0.880. The van der Waals surface area contributed by atoms with Crippen molar-refractivity contribution in [3.05, 3.63) is 0 Å². The van der Waals surface area contributed by atoms with Crippen molar-refractivity contribution >= 4 is 0 Å². The van der Waals surface area contributed by atoms with Gasteiger partial charge in [-0.3, -0.25) is 0 Å². The molecule has 0 aromatic carbocycles. The fourth-order valence-electron chi connectivity index (χ4n) is 2.18. The van der Waals surface area contributed by atoms with Crippen LogP contribution in [0.3, 0.4) is 0 Å². The Morgan fingerprint density at radius 2 is 1.79 bits per heavy atom. The second-order valence-corrected chi connectivity index (χ2v) is 4.12. The van der Waals surface area contributed by atoms with Gasteiger partial charge >= 0.3 is 0 Å². The molecular formula is C11H16O3. The van der Waals surface area contributed by atoms with Gasteiger partial charge in [-0.25, -0.2) is 0 Å². The fraction of sp³-hybridized carbons (Fsp3) is 0.818. The van der Waals surface area contributed by atoms with Crippen molar-refractivity contribution in [1.82, 2.24) is 0 Å². The molecule has 1 N–H and O–H groups in total. The molecule has 0 radical (unpaired) electrons. The van der Waals surface area contributed by atoms with Gasteiger partial charge in [0.15, 0.2) is 6.29 Å². The first kappa shape index (κ1) is 9.97.